The molecular weight excluding hydrogens is 308 g/mol. The number of rotatable bonds is 7. The van der Waals surface area contributed by atoms with Crippen LogP contribution in [0.3, 0.4) is 0 Å². The van der Waals surface area contributed by atoms with Crippen molar-refractivity contribution in [2.24, 2.45) is 0 Å². The van der Waals surface area contributed by atoms with Crippen molar-refractivity contribution in [1.82, 2.24) is 20.5 Å². The van der Waals surface area contributed by atoms with Gasteiger partial charge in [0.1, 0.15) is 0 Å². The summed E-state index contributed by atoms with van der Waals surface area (Å²) in [5.41, 5.74) is 0.863. The van der Waals surface area contributed by atoms with E-state index in [9.17, 15) is 4.79 Å². The van der Waals surface area contributed by atoms with Gasteiger partial charge in [0.25, 0.3) is 0 Å². The highest BCUT2D eigenvalue weighted by atomic mass is 16.5. The van der Waals surface area contributed by atoms with Crippen LogP contribution in [-0.4, -0.2) is 60.9 Å². The maximum Gasteiger partial charge on any atom is 0.315 e. The van der Waals surface area contributed by atoms with Crippen LogP contribution in [0.15, 0.2) is 18.3 Å². The molecule has 1 atom stereocenters. The highest BCUT2D eigenvalue weighted by Crippen LogP contribution is 2.15. The SMILES string of the molecule is CC(C)Oc1ncccc1CNC(=O)NC[C@H](C)N1CCOCC1. The molecule has 0 aliphatic carbocycles. The van der Waals surface area contributed by atoms with Gasteiger partial charge in [0.15, 0.2) is 0 Å². The Bertz CT molecular complexity index is 518. The van der Waals surface area contributed by atoms with Crippen molar-refractivity contribution in [2.45, 2.75) is 39.5 Å². The number of pyridine rings is 1. The molecule has 0 radical (unpaired) electrons. The zero-order valence-corrected chi connectivity index (χ0v) is 14.7. The highest BCUT2D eigenvalue weighted by Gasteiger charge is 2.17. The third-order valence-electron chi connectivity index (χ3n) is 3.86. The summed E-state index contributed by atoms with van der Waals surface area (Å²) >= 11 is 0. The number of carbonyl (C=O) groups excluding carboxylic acids is 1. The summed E-state index contributed by atoms with van der Waals surface area (Å²) in [6, 6.07) is 3.84. The third kappa shape index (κ3) is 5.98. The molecule has 1 fully saturated rings. The molecule has 0 saturated carbocycles. The van der Waals surface area contributed by atoms with Crippen LogP contribution in [-0.2, 0) is 11.3 Å². The maximum atomic E-state index is 12.0. The highest BCUT2D eigenvalue weighted by molar-refractivity contribution is 5.73. The summed E-state index contributed by atoms with van der Waals surface area (Å²) in [6.07, 6.45) is 1.73. The topological polar surface area (TPSA) is 75.7 Å². The first-order chi connectivity index (χ1) is 11.6. The summed E-state index contributed by atoms with van der Waals surface area (Å²) in [4.78, 5) is 18.5. The van der Waals surface area contributed by atoms with E-state index in [1.165, 1.54) is 0 Å². The third-order valence-corrected chi connectivity index (χ3v) is 3.86. The minimum atomic E-state index is -0.186. The summed E-state index contributed by atoms with van der Waals surface area (Å²) < 4.78 is 11.0. The molecule has 1 aliphatic rings. The minimum absolute atomic E-state index is 0.0434. The van der Waals surface area contributed by atoms with Gasteiger partial charge in [-0.25, -0.2) is 9.78 Å². The van der Waals surface area contributed by atoms with Gasteiger partial charge in [-0.1, -0.05) is 6.07 Å². The number of ether oxygens (including phenoxy) is 2. The minimum Gasteiger partial charge on any atom is -0.475 e. The van der Waals surface area contributed by atoms with Gasteiger partial charge in [0, 0.05) is 44.0 Å². The molecule has 0 bridgehead atoms. The van der Waals surface area contributed by atoms with Crippen molar-refractivity contribution in [3.63, 3.8) is 0 Å². The molecule has 2 amide bonds. The standard InChI is InChI=1S/C17H28N4O3/c1-13(2)24-16-15(5-4-6-18-16)12-20-17(22)19-11-14(3)21-7-9-23-10-8-21/h4-6,13-14H,7-12H2,1-3H3,(H2,19,20,22)/t14-/m0/s1. The lowest BCUT2D eigenvalue weighted by Gasteiger charge is -2.32. The average molecular weight is 336 g/mol. The van der Waals surface area contributed by atoms with E-state index >= 15 is 0 Å². The van der Waals surface area contributed by atoms with Crippen LogP contribution in [0.1, 0.15) is 26.3 Å². The summed E-state index contributed by atoms with van der Waals surface area (Å²) in [5.74, 6) is 0.564. The molecule has 1 aromatic heterocycles. The van der Waals surface area contributed by atoms with Gasteiger partial charge in [-0.2, -0.15) is 0 Å². The summed E-state index contributed by atoms with van der Waals surface area (Å²) in [5, 5.41) is 5.77. The molecule has 0 spiro atoms. The van der Waals surface area contributed by atoms with Crippen LogP contribution < -0.4 is 15.4 Å². The number of aromatic nitrogens is 1. The molecule has 7 heteroatoms. The normalized spacial score (nSPS) is 16.7. The number of amides is 2. The molecule has 0 unspecified atom stereocenters. The number of nitrogens with zero attached hydrogens (tertiary/aromatic N) is 2. The molecule has 134 valence electrons. The lowest BCUT2D eigenvalue weighted by Crippen LogP contribution is -2.48. The van der Waals surface area contributed by atoms with E-state index in [1.54, 1.807) is 6.20 Å². The number of hydrogen-bond donors (Lipinski definition) is 2. The van der Waals surface area contributed by atoms with Crippen LogP contribution in [0.2, 0.25) is 0 Å². The first-order valence-electron chi connectivity index (χ1n) is 8.50. The molecule has 2 N–H and O–H groups in total. The second kappa shape index (κ2) is 9.44. The van der Waals surface area contributed by atoms with Crippen LogP contribution in [0.25, 0.3) is 0 Å². The first-order valence-corrected chi connectivity index (χ1v) is 8.50. The maximum absolute atomic E-state index is 12.0. The van der Waals surface area contributed by atoms with E-state index < -0.39 is 0 Å². The Morgan fingerprint density at radius 2 is 2.08 bits per heavy atom. The number of nitrogens with one attached hydrogen (secondary N) is 2. The number of urea groups is 1. The Balaban J connectivity index is 1.75. The zero-order valence-electron chi connectivity index (χ0n) is 14.7. The van der Waals surface area contributed by atoms with Crippen LogP contribution >= 0.6 is 0 Å². The van der Waals surface area contributed by atoms with Crippen LogP contribution in [0, 0.1) is 0 Å². The van der Waals surface area contributed by atoms with Gasteiger partial charge in [-0.3, -0.25) is 4.90 Å². The van der Waals surface area contributed by atoms with Crippen molar-refractivity contribution in [3.8, 4) is 5.88 Å². The second-order valence-electron chi connectivity index (χ2n) is 6.20. The summed E-state index contributed by atoms with van der Waals surface area (Å²) in [6.45, 7) is 10.3. The van der Waals surface area contributed by atoms with Crippen molar-refractivity contribution in [3.05, 3.63) is 23.9 Å². The van der Waals surface area contributed by atoms with Gasteiger partial charge < -0.3 is 20.1 Å². The zero-order chi connectivity index (χ0) is 17.4. The van der Waals surface area contributed by atoms with Gasteiger partial charge >= 0.3 is 6.03 Å². The van der Waals surface area contributed by atoms with Gasteiger partial charge in [0.05, 0.1) is 19.3 Å². The Hall–Kier alpha value is -1.86. The van der Waals surface area contributed by atoms with Crippen molar-refractivity contribution in [2.75, 3.05) is 32.8 Å². The molecule has 1 aromatic rings. The largest absolute Gasteiger partial charge is 0.475 e. The first kappa shape index (κ1) is 18.5. The van der Waals surface area contributed by atoms with Crippen molar-refractivity contribution >= 4 is 6.03 Å². The van der Waals surface area contributed by atoms with E-state index in [0.29, 0.717) is 19.0 Å². The van der Waals surface area contributed by atoms with E-state index in [1.807, 2.05) is 26.0 Å². The molecule has 2 rings (SSSR count). The smallest absolute Gasteiger partial charge is 0.315 e. The predicted octanol–water partition coefficient (Wildman–Crippen LogP) is 1.39. The molecule has 1 saturated heterocycles. The molecule has 0 aromatic carbocycles. The Labute approximate surface area is 143 Å². The fraction of sp³-hybridized carbons (Fsp3) is 0.647. The van der Waals surface area contributed by atoms with E-state index in [4.69, 9.17) is 9.47 Å². The van der Waals surface area contributed by atoms with Crippen LogP contribution in [0.5, 0.6) is 5.88 Å². The average Bonchev–Trinajstić information content (AvgIpc) is 2.59. The molecule has 1 aliphatic heterocycles. The molecular formula is C17H28N4O3. The monoisotopic (exact) mass is 336 g/mol. The fourth-order valence-electron chi connectivity index (χ4n) is 2.51. The lowest BCUT2D eigenvalue weighted by molar-refractivity contribution is 0.0209. The van der Waals surface area contributed by atoms with E-state index in [0.717, 1.165) is 31.9 Å². The fourth-order valence-corrected chi connectivity index (χ4v) is 2.51. The summed E-state index contributed by atoms with van der Waals surface area (Å²) in [7, 11) is 0. The lowest BCUT2D eigenvalue weighted by atomic mass is 10.2. The Kier molecular flexibility index (Phi) is 7.27. The predicted molar refractivity (Wildman–Crippen MR) is 92.1 cm³/mol. The van der Waals surface area contributed by atoms with E-state index in [-0.39, 0.29) is 18.2 Å². The van der Waals surface area contributed by atoms with E-state index in [2.05, 4.69) is 27.4 Å². The van der Waals surface area contributed by atoms with Gasteiger partial charge in [-0.15, -0.1) is 0 Å². The van der Waals surface area contributed by atoms with Gasteiger partial charge in [-0.05, 0) is 26.8 Å². The van der Waals surface area contributed by atoms with Crippen LogP contribution in [0.4, 0.5) is 4.79 Å². The quantitative estimate of drug-likeness (QED) is 0.787. The molecule has 7 nitrogen and oxygen atoms in total. The number of morpholine rings is 1. The molecule has 24 heavy (non-hydrogen) atoms. The van der Waals surface area contributed by atoms with Crippen molar-refractivity contribution in [1.29, 1.82) is 0 Å². The van der Waals surface area contributed by atoms with Gasteiger partial charge in [0.2, 0.25) is 5.88 Å². The molecule has 2 heterocycles. The number of hydrogen-bond acceptors (Lipinski definition) is 5. The second-order valence-corrected chi connectivity index (χ2v) is 6.20. The Morgan fingerprint density at radius 1 is 1.33 bits per heavy atom. The van der Waals surface area contributed by atoms with Crippen molar-refractivity contribution < 1.29 is 14.3 Å². The Morgan fingerprint density at radius 3 is 2.79 bits per heavy atom. The number of carbonyl (C=O) groups is 1.